The lowest BCUT2D eigenvalue weighted by atomic mass is 9.95. The van der Waals surface area contributed by atoms with E-state index in [2.05, 4.69) is 41.6 Å². The van der Waals surface area contributed by atoms with E-state index in [4.69, 9.17) is 14.2 Å². The van der Waals surface area contributed by atoms with Crippen LogP contribution in [0.15, 0.2) is 16.6 Å². The SMILES string of the molecule is CCCOc1c(Br)cc(C(=O)N2CCC(CN3CC(C)OC(C)C3)CC2)cc1OC. The molecule has 168 valence electrons. The highest BCUT2D eigenvalue weighted by Crippen LogP contribution is 2.37. The molecule has 2 aliphatic rings. The van der Waals surface area contributed by atoms with Crippen LogP contribution in [0.3, 0.4) is 0 Å². The van der Waals surface area contributed by atoms with Crippen LogP contribution in [0.1, 0.15) is 50.4 Å². The first kappa shape index (κ1) is 23.4. The average molecular weight is 483 g/mol. The summed E-state index contributed by atoms with van der Waals surface area (Å²) in [5, 5.41) is 0. The highest BCUT2D eigenvalue weighted by Gasteiger charge is 2.29. The number of morpholine rings is 1. The van der Waals surface area contributed by atoms with Crippen molar-refractivity contribution in [1.82, 2.24) is 9.80 Å². The van der Waals surface area contributed by atoms with Gasteiger partial charge in [-0.25, -0.2) is 0 Å². The number of piperidine rings is 1. The molecule has 0 aliphatic carbocycles. The predicted molar refractivity (Wildman–Crippen MR) is 122 cm³/mol. The molecule has 30 heavy (non-hydrogen) atoms. The lowest BCUT2D eigenvalue weighted by molar-refractivity contribution is -0.0728. The zero-order valence-electron chi connectivity index (χ0n) is 18.7. The summed E-state index contributed by atoms with van der Waals surface area (Å²) in [5.74, 6) is 1.94. The quantitative estimate of drug-likeness (QED) is 0.582. The molecule has 1 aromatic rings. The van der Waals surface area contributed by atoms with Gasteiger partial charge in [-0.1, -0.05) is 6.92 Å². The number of nitrogens with zero attached hydrogens (tertiary/aromatic N) is 2. The molecule has 1 aromatic carbocycles. The summed E-state index contributed by atoms with van der Waals surface area (Å²) in [4.78, 5) is 17.6. The van der Waals surface area contributed by atoms with Crippen molar-refractivity contribution in [2.24, 2.45) is 5.92 Å². The monoisotopic (exact) mass is 482 g/mol. The summed E-state index contributed by atoms with van der Waals surface area (Å²) in [6, 6.07) is 3.64. The van der Waals surface area contributed by atoms with Gasteiger partial charge in [0.15, 0.2) is 11.5 Å². The molecule has 7 heteroatoms. The Kier molecular flexibility index (Phi) is 8.43. The highest BCUT2D eigenvalue weighted by atomic mass is 79.9. The molecular formula is C23H35BrN2O4. The van der Waals surface area contributed by atoms with E-state index in [1.807, 2.05) is 11.0 Å². The third-order valence-electron chi connectivity index (χ3n) is 5.84. The van der Waals surface area contributed by atoms with Gasteiger partial charge in [-0.3, -0.25) is 9.69 Å². The minimum atomic E-state index is 0.0584. The third kappa shape index (κ3) is 5.89. The topological polar surface area (TPSA) is 51.2 Å². The molecule has 0 N–H and O–H groups in total. The van der Waals surface area contributed by atoms with E-state index in [1.165, 1.54) is 0 Å². The van der Waals surface area contributed by atoms with Crippen LogP contribution in [0.2, 0.25) is 0 Å². The van der Waals surface area contributed by atoms with Crippen LogP contribution in [0.5, 0.6) is 11.5 Å². The first-order valence-corrected chi connectivity index (χ1v) is 11.9. The Morgan fingerprint density at radius 3 is 2.47 bits per heavy atom. The smallest absolute Gasteiger partial charge is 0.254 e. The van der Waals surface area contributed by atoms with Crippen molar-refractivity contribution in [3.63, 3.8) is 0 Å². The fourth-order valence-electron chi connectivity index (χ4n) is 4.49. The average Bonchev–Trinajstić information content (AvgIpc) is 2.71. The van der Waals surface area contributed by atoms with Gasteiger partial charge in [0.1, 0.15) is 0 Å². The number of ether oxygens (including phenoxy) is 3. The molecule has 0 radical (unpaired) electrons. The number of carbonyl (C=O) groups excluding carboxylic acids is 1. The molecule has 1 amide bonds. The highest BCUT2D eigenvalue weighted by molar-refractivity contribution is 9.10. The van der Waals surface area contributed by atoms with Crippen LogP contribution in [-0.4, -0.2) is 74.4 Å². The van der Waals surface area contributed by atoms with E-state index in [-0.39, 0.29) is 5.91 Å². The first-order valence-electron chi connectivity index (χ1n) is 11.1. The first-order chi connectivity index (χ1) is 14.4. The predicted octanol–water partition coefficient (Wildman–Crippen LogP) is 4.21. The minimum Gasteiger partial charge on any atom is -0.493 e. The van der Waals surface area contributed by atoms with Crippen molar-refractivity contribution in [2.45, 2.75) is 52.2 Å². The summed E-state index contributed by atoms with van der Waals surface area (Å²) in [7, 11) is 1.60. The number of likely N-dealkylation sites (tertiary alicyclic amines) is 1. The van der Waals surface area contributed by atoms with Crippen LogP contribution in [0.4, 0.5) is 0 Å². The van der Waals surface area contributed by atoms with Crippen molar-refractivity contribution >= 4 is 21.8 Å². The van der Waals surface area contributed by atoms with Gasteiger partial charge >= 0.3 is 0 Å². The number of benzene rings is 1. The number of hydrogen-bond donors (Lipinski definition) is 0. The molecule has 2 aliphatic heterocycles. The number of halogens is 1. The summed E-state index contributed by atoms with van der Waals surface area (Å²) < 4.78 is 17.9. The Labute approximate surface area is 189 Å². The van der Waals surface area contributed by atoms with E-state index < -0.39 is 0 Å². The Hall–Kier alpha value is -1.31. The molecule has 6 nitrogen and oxygen atoms in total. The van der Waals surface area contributed by atoms with Crippen molar-refractivity contribution in [1.29, 1.82) is 0 Å². The van der Waals surface area contributed by atoms with Crippen LogP contribution < -0.4 is 9.47 Å². The van der Waals surface area contributed by atoms with Gasteiger partial charge in [0, 0.05) is 38.3 Å². The van der Waals surface area contributed by atoms with E-state index in [9.17, 15) is 4.79 Å². The van der Waals surface area contributed by atoms with Crippen molar-refractivity contribution < 1.29 is 19.0 Å². The number of carbonyl (C=O) groups is 1. The molecule has 0 saturated carbocycles. The molecular weight excluding hydrogens is 448 g/mol. The second-order valence-corrected chi connectivity index (χ2v) is 9.40. The Balaban J connectivity index is 1.58. The van der Waals surface area contributed by atoms with E-state index in [1.54, 1.807) is 13.2 Å². The second kappa shape index (κ2) is 10.8. The largest absolute Gasteiger partial charge is 0.493 e. The minimum absolute atomic E-state index is 0.0584. The zero-order valence-corrected chi connectivity index (χ0v) is 20.2. The zero-order chi connectivity index (χ0) is 21.7. The fourth-order valence-corrected chi connectivity index (χ4v) is 5.04. The van der Waals surface area contributed by atoms with Gasteiger partial charge in [0.05, 0.1) is 30.4 Å². The van der Waals surface area contributed by atoms with Crippen LogP contribution in [0, 0.1) is 5.92 Å². The summed E-state index contributed by atoms with van der Waals surface area (Å²) in [5.41, 5.74) is 0.636. The Morgan fingerprint density at radius 2 is 1.87 bits per heavy atom. The number of methoxy groups -OCH3 is 1. The summed E-state index contributed by atoms with van der Waals surface area (Å²) in [6.45, 7) is 11.7. The fraction of sp³-hybridized carbons (Fsp3) is 0.696. The van der Waals surface area contributed by atoms with Crippen LogP contribution in [-0.2, 0) is 4.74 Å². The van der Waals surface area contributed by atoms with Gasteiger partial charge in [0.2, 0.25) is 0 Å². The number of rotatable bonds is 7. The normalized spacial score (nSPS) is 23.4. The van der Waals surface area contributed by atoms with Gasteiger partial charge < -0.3 is 19.1 Å². The van der Waals surface area contributed by atoms with E-state index in [0.717, 1.165) is 56.5 Å². The molecule has 0 spiro atoms. The maximum absolute atomic E-state index is 13.1. The molecule has 2 heterocycles. The number of hydrogen-bond acceptors (Lipinski definition) is 5. The van der Waals surface area contributed by atoms with Crippen molar-refractivity contribution in [3.05, 3.63) is 22.2 Å². The van der Waals surface area contributed by atoms with Gasteiger partial charge in [0.25, 0.3) is 5.91 Å². The maximum atomic E-state index is 13.1. The maximum Gasteiger partial charge on any atom is 0.254 e. The summed E-state index contributed by atoms with van der Waals surface area (Å²) >= 11 is 3.54. The van der Waals surface area contributed by atoms with E-state index >= 15 is 0 Å². The van der Waals surface area contributed by atoms with Gasteiger partial charge in [-0.05, 0) is 67.1 Å². The second-order valence-electron chi connectivity index (χ2n) is 8.55. The lowest BCUT2D eigenvalue weighted by Gasteiger charge is -2.39. The number of amides is 1. The molecule has 2 saturated heterocycles. The van der Waals surface area contributed by atoms with Crippen LogP contribution >= 0.6 is 15.9 Å². The molecule has 3 rings (SSSR count). The Morgan fingerprint density at radius 1 is 1.20 bits per heavy atom. The van der Waals surface area contributed by atoms with Crippen molar-refractivity contribution in [3.8, 4) is 11.5 Å². The van der Waals surface area contributed by atoms with Gasteiger partial charge in [-0.15, -0.1) is 0 Å². The van der Waals surface area contributed by atoms with Crippen molar-refractivity contribution in [2.75, 3.05) is 46.4 Å². The molecule has 2 atom stereocenters. The molecule has 0 aromatic heterocycles. The molecule has 0 bridgehead atoms. The van der Waals surface area contributed by atoms with E-state index in [0.29, 0.717) is 41.8 Å². The van der Waals surface area contributed by atoms with Crippen LogP contribution in [0.25, 0.3) is 0 Å². The third-order valence-corrected chi connectivity index (χ3v) is 6.43. The van der Waals surface area contributed by atoms with Gasteiger partial charge in [-0.2, -0.15) is 0 Å². The standard InChI is InChI=1S/C23H35BrN2O4/c1-5-10-29-22-20(24)11-19(12-21(22)28-4)23(27)26-8-6-18(7-9-26)15-25-13-16(2)30-17(3)14-25/h11-12,16-18H,5-10,13-15H2,1-4H3. The molecule has 2 unspecified atom stereocenters. The molecule has 2 fully saturated rings. The Bertz CT molecular complexity index is 711. The lowest BCUT2D eigenvalue weighted by Crippen LogP contribution is -2.48. The summed E-state index contributed by atoms with van der Waals surface area (Å²) in [6.07, 6.45) is 3.60.